The van der Waals surface area contributed by atoms with Crippen LogP contribution in [0.3, 0.4) is 0 Å². The van der Waals surface area contributed by atoms with E-state index in [-0.39, 0.29) is 0 Å². The van der Waals surface area contributed by atoms with E-state index >= 15 is 0 Å². The highest BCUT2D eigenvalue weighted by molar-refractivity contribution is 5.74. The molecule has 1 fully saturated rings. The Morgan fingerprint density at radius 1 is 1.00 bits per heavy atom. The Morgan fingerprint density at radius 3 is 2.54 bits per heavy atom. The van der Waals surface area contributed by atoms with Gasteiger partial charge in [-0.15, -0.1) is 0 Å². The quantitative estimate of drug-likeness (QED) is 0.720. The molecule has 1 aliphatic rings. The van der Waals surface area contributed by atoms with Crippen LogP contribution in [0.25, 0.3) is 11.0 Å². The molecular formula is C20H18N4. The molecule has 0 spiro atoms. The van der Waals surface area contributed by atoms with E-state index in [1.165, 1.54) is 5.69 Å². The van der Waals surface area contributed by atoms with Gasteiger partial charge < -0.3 is 4.90 Å². The smallest absolute Gasteiger partial charge is 0.159 e. The van der Waals surface area contributed by atoms with Crippen molar-refractivity contribution in [3.8, 4) is 6.07 Å². The van der Waals surface area contributed by atoms with E-state index in [1.54, 1.807) is 6.20 Å². The highest BCUT2D eigenvalue weighted by Crippen LogP contribution is 2.30. The maximum Gasteiger partial charge on any atom is 0.159 e. The topological polar surface area (TPSA) is 52.8 Å². The first kappa shape index (κ1) is 14.6. The summed E-state index contributed by atoms with van der Waals surface area (Å²) in [4.78, 5) is 11.5. The van der Waals surface area contributed by atoms with Crippen molar-refractivity contribution in [2.24, 2.45) is 0 Å². The van der Waals surface area contributed by atoms with Crippen molar-refractivity contribution in [2.45, 2.75) is 18.8 Å². The fraction of sp³-hybridized carbons (Fsp3) is 0.250. The molecule has 1 saturated heterocycles. The van der Waals surface area contributed by atoms with Crippen molar-refractivity contribution in [1.82, 2.24) is 9.97 Å². The Labute approximate surface area is 141 Å². The van der Waals surface area contributed by atoms with Crippen molar-refractivity contribution >= 4 is 16.7 Å². The van der Waals surface area contributed by atoms with Gasteiger partial charge in [-0.3, -0.25) is 0 Å². The first-order valence-corrected chi connectivity index (χ1v) is 8.30. The van der Waals surface area contributed by atoms with Crippen LogP contribution >= 0.6 is 0 Å². The maximum absolute atomic E-state index is 8.90. The Hall–Kier alpha value is -2.93. The fourth-order valence-corrected chi connectivity index (χ4v) is 3.38. The zero-order chi connectivity index (χ0) is 16.4. The van der Waals surface area contributed by atoms with E-state index in [0.717, 1.165) is 42.7 Å². The van der Waals surface area contributed by atoms with Gasteiger partial charge in [-0.05, 0) is 61.4 Å². The molecule has 0 N–H and O–H groups in total. The van der Waals surface area contributed by atoms with E-state index in [0.29, 0.717) is 11.5 Å². The molecule has 1 aromatic carbocycles. The van der Waals surface area contributed by atoms with Crippen LogP contribution in [-0.2, 0) is 0 Å². The summed E-state index contributed by atoms with van der Waals surface area (Å²) >= 11 is 0. The van der Waals surface area contributed by atoms with Crippen molar-refractivity contribution in [3.63, 3.8) is 0 Å². The number of hydrogen-bond donors (Lipinski definition) is 0. The van der Waals surface area contributed by atoms with E-state index in [9.17, 15) is 0 Å². The Balaban J connectivity index is 1.47. The molecule has 118 valence electrons. The molecule has 1 aliphatic heterocycles. The zero-order valence-electron chi connectivity index (χ0n) is 13.4. The van der Waals surface area contributed by atoms with Crippen LogP contribution in [-0.4, -0.2) is 23.1 Å². The third-order valence-electron chi connectivity index (χ3n) is 4.76. The summed E-state index contributed by atoms with van der Waals surface area (Å²) in [6.45, 7) is 2.02. The number of pyridine rings is 2. The lowest BCUT2D eigenvalue weighted by molar-refractivity contribution is 0.497. The highest BCUT2D eigenvalue weighted by Gasteiger charge is 2.22. The second-order valence-corrected chi connectivity index (χ2v) is 6.21. The first-order chi connectivity index (χ1) is 11.8. The van der Waals surface area contributed by atoms with Crippen molar-refractivity contribution in [1.29, 1.82) is 5.26 Å². The number of fused-ring (bicyclic) bond motifs is 1. The standard InChI is InChI=1S/C20H18N4/c21-14-15-3-6-18(7-4-15)24-12-9-16(10-13-24)19-8-5-17-2-1-11-22-20(17)23-19/h1-8,11,16H,9-10,12-13H2. The molecule has 24 heavy (non-hydrogen) atoms. The van der Waals surface area contributed by atoms with Crippen molar-refractivity contribution in [3.05, 3.63) is 66.0 Å². The molecule has 0 atom stereocenters. The van der Waals surface area contributed by atoms with Crippen LogP contribution in [0.15, 0.2) is 54.7 Å². The monoisotopic (exact) mass is 314 g/mol. The zero-order valence-corrected chi connectivity index (χ0v) is 13.4. The Bertz CT molecular complexity index is 887. The van der Waals surface area contributed by atoms with E-state index < -0.39 is 0 Å². The Kier molecular flexibility index (Phi) is 3.84. The minimum Gasteiger partial charge on any atom is -0.371 e. The van der Waals surface area contributed by atoms with Crippen LogP contribution < -0.4 is 4.90 Å². The van der Waals surface area contributed by atoms with Gasteiger partial charge in [0, 0.05) is 42.0 Å². The molecule has 0 amide bonds. The van der Waals surface area contributed by atoms with E-state index in [1.807, 2.05) is 36.4 Å². The minimum absolute atomic E-state index is 0.492. The van der Waals surface area contributed by atoms with Gasteiger partial charge in [0.2, 0.25) is 0 Å². The normalized spacial score (nSPS) is 15.4. The van der Waals surface area contributed by atoms with Gasteiger partial charge in [-0.1, -0.05) is 0 Å². The minimum atomic E-state index is 0.492. The molecule has 4 nitrogen and oxygen atoms in total. The van der Waals surface area contributed by atoms with Crippen molar-refractivity contribution in [2.75, 3.05) is 18.0 Å². The van der Waals surface area contributed by atoms with Gasteiger partial charge in [0.15, 0.2) is 5.65 Å². The lowest BCUT2D eigenvalue weighted by Gasteiger charge is -2.33. The number of benzene rings is 1. The first-order valence-electron chi connectivity index (χ1n) is 8.30. The fourth-order valence-electron chi connectivity index (χ4n) is 3.38. The molecule has 2 aromatic heterocycles. The summed E-state index contributed by atoms with van der Waals surface area (Å²) in [7, 11) is 0. The molecule has 0 radical (unpaired) electrons. The average molecular weight is 314 g/mol. The molecule has 0 bridgehead atoms. The van der Waals surface area contributed by atoms with Crippen LogP contribution in [0.5, 0.6) is 0 Å². The third kappa shape index (κ3) is 2.81. The van der Waals surface area contributed by atoms with Gasteiger partial charge in [-0.2, -0.15) is 5.26 Å². The maximum atomic E-state index is 8.90. The summed E-state index contributed by atoms with van der Waals surface area (Å²) in [5.41, 5.74) is 3.90. The predicted octanol–water partition coefficient (Wildman–Crippen LogP) is 3.89. The molecule has 0 saturated carbocycles. The van der Waals surface area contributed by atoms with Gasteiger partial charge >= 0.3 is 0 Å². The number of anilines is 1. The summed E-state index contributed by atoms with van der Waals surface area (Å²) in [6, 6.07) is 18.3. The summed E-state index contributed by atoms with van der Waals surface area (Å²) in [5, 5.41) is 9.99. The SMILES string of the molecule is N#Cc1ccc(N2CCC(c3ccc4cccnc4n3)CC2)cc1. The van der Waals surface area contributed by atoms with E-state index in [4.69, 9.17) is 10.2 Å². The molecule has 4 heteroatoms. The largest absolute Gasteiger partial charge is 0.371 e. The van der Waals surface area contributed by atoms with Gasteiger partial charge in [0.25, 0.3) is 0 Å². The lowest BCUT2D eigenvalue weighted by atomic mass is 9.92. The molecule has 3 heterocycles. The van der Waals surface area contributed by atoms with Gasteiger partial charge in [0.05, 0.1) is 11.6 Å². The number of hydrogen-bond acceptors (Lipinski definition) is 4. The number of nitrogens with zero attached hydrogens (tertiary/aromatic N) is 4. The molecule has 0 aliphatic carbocycles. The van der Waals surface area contributed by atoms with Gasteiger partial charge in [0.1, 0.15) is 0 Å². The van der Waals surface area contributed by atoms with Crippen LogP contribution in [0.1, 0.15) is 30.0 Å². The van der Waals surface area contributed by atoms with Crippen LogP contribution in [0.2, 0.25) is 0 Å². The van der Waals surface area contributed by atoms with Crippen molar-refractivity contribution < 1.29 is 0 Å². The van der Waals surface area contributed by atoms with Crippen LogP contribution in [0, 0.1) is 11.3 Å². The Morgan fingerprint density at radius 2 is 1.79 bits per heavy atom. The summed E-state index contributed by atoms with van der Waals surface area (Å²) < 4.78 is 0. The average Bonchev–Trinajstić information content (AvgIpc) is 2.68. The van der Waals surface area contributed by atoms with E-state index in [2.05, 4.69) is 28.1 Å². The second kappa shape index (κ2) is 6.29. The third-order valence-corrected chi connectivity index (χ3v) is 4.76. The highest BCUT2D eigenvalue weighted by atomic mass is 15.1. The van der Waals surface area contributed by atoms with Gasteiger partial charge in [-0.25, -0.2) is 9.97 Å². The number of nitriles is 1. The lowest BCUT2D eigenvalue weighted by Crippen LogP contribution is -2.33. The summed E-state index contributed by atoms with van der Waals surface area (Å²) in [5.74, 6) is 0.492. The second-order valence-electron chi connectivity index (χ2n) is 6.21. The molecule has 3 aromatic rings. The molecule has 0 unspecified atom stereocenters. The summed E-state index contributed by atoms with van der Waals surface area (Å²) in [6.07, 6.45) is 3.98. The molecular weight excluding hydrogens is 296 g/mol. The number of rotatable bonds is 2. The number of aromatic nitrogens is 2. The molecule has 4 rings (SSSR count). The van der Waals surface area contributed by atoms with Crippen LogP contribution in [0.4, 0.5) is 5.69 Å². The predicted molar refractivity (Wildman–Crippen MR) is 94.9 cm³/mol. The number of piperidine rings is 1.